The van der Waals surface area contributed by atoms with Gasteiger partial charge in [0.25, 0.3) is 0 Å². The van der Waals surface area contributed by atoms with Crippen molar-refractivity contribution >= 4 is 17.3 Å². The number of alkyl halides is 3. The molecule has 2 aliphatic rings. The molecular weight excluding hydrogens is 613 g/mol. The first-order chi connectivity index (χ1) is 21.8. The zero-order chi connectivity index (χ0) is 33.2. The number of phenols is 1. The van der Waals surface area contributed by atoms with Crippen molar-refractivity contribution in [1.82, 2.24) is 15.5 Å². The molecule has 2 fully saturated rings. The second-order valence-electron chi connectivity index (χ2n) is 12.2. The van der Waals surface area contributed by atoms with Gasteiger partial charge in [0.2, 0.25) is 17.5 Å². The quantitative estimate of drug-likeness (QED) is 0.130. The van der Waals surface area contributed by atoms with Gasteiger partial charge in [-0.1, -0.05) is 42.8 Å². The number of phenolic OH excluding ortho intramolecular Hbond substituents is 1. The Labute approximate surface area is 261 Å². The van der Waals surface area contributed by atoms with Gasteiger partial charge in [0.05, 0.1) is 6.04 Å². The molecule has 2 N–H and O–H groups in total. The summed E-state index contributed by atoms with van der Waals surface area (Å²) in [5.74, 6) is -6.18. The molecule has 1 heterocycles. The number of carbonyl (C=O) groups excluding carboxylic acids is 3. The maximum atomic E-state index is 14.6. The van der Waals surface area contributed by atoms with Crippen LogP contribution in [0.15, 0.2) is 40.9 Å². The van der Waals surface area contributed by atoms with Crippen molar-refractivity contribution in [3.63, 3.8) is 0 Å². The van der Waals surface area contributed by atoms with Gasteiger partial charge in [0, 0.05) is 30.2 Å². The van der Waals surface area contributed by atoms with E-state index in [0.29, 0.717) is 17.9 Å². The lowest BCUT2D eigenvalue weighted by Crippen LogP contribution is -2.46. The first-order valence-electron chi connectivity index (χ1n) is 15.4. The number of rotatable bonds is 16. The number of hydrogen-bond acceptors (Lipinski definition) is 8. The van der Waals surface area contributed by atoms with Crippen molar-refractivity contribution in [2.45, 2.75) is 88.9 Å². The molecule has 246 valence electrons. The first kappa shape index (κ1) is 33.4. The van der Waals surface area contributed by atoms with E-state index in [1.807, 2.05) is 0 Å². The fraction of sp³-hybridized carbons (Fsp3) is 0.485. The molecule has 46 heavy (non-hydrogen) atoms. The Kier molecular flexibility index (Phi) is 9.99. The van der Waals surface area contributed by atoms with E-state index in [4.69, 9.17) is 4.52 Å². The maximum Gasteiger partial charge on any atom is 0.407 e. The second kappa shape index (κ2) is 13.8. The summed E-state index contributed by atoms with van der Waals surface area (Å²) in [6, 6.07) is 2.58. The minimum absolute atomic E-state index is 0.0683. The molecule has 3 atom stereocenters. The fourth-order valence-electron chi connectivity index (χ4n) is 5.46. The van der Waals surface area contributed by atoms with Crippen molar-refractivity contribution in [3.05, 3.63) is 65.1 Å². The Morgan fingerprint density at radius 1 is 1.04 bits per heavy atom. The number of nitrogens with zero attached hydrogens (tertiary/aromatic N) is 2. The largest absolute Gasteiger partial charge is 0.503 e. The summed E-state index contributed by atoms with van der Waals surface area (Å²) in [6.45, 7) is 1.75. The summed E-state index contributed by atoms with van der Waals surface area (Å²) < 4.78 is 77.2. The molecule has 3 aromatic rings. The van der Waals surface area contributed by atoms with Crippen LogP contribution in [0.3, 0.4) is 0 Å². The van der Waals surface area contributed by atoms with Gasteiger partial charge in [0.1, 0.15) is 6.04 Å². The van der Waals surface area contributed by atoms with Crippen LogP contribution >= 0.6 is 0 Å². The maximum absolute atomic E-state index is 14.6. The summed E-state index contributed by atoms with van der Waals surface area (Å²) in [4.78, 5) is 43.5. The van der Waals surface area contributed by atoms with Crippen LogP contribution in [0.5, 0.6) is 5.75 Å². The fourth-order valence-corrected chi connectivity index (χ4v) is 5.46. The van der Waals surface area contributed by atoms with Crippen molar-refractivity contribution in [1.29, 1.82) is 0 Å². The number of ketones is 3. The third-order valence-electron chi connectivity index (χ3n) is 8.37. The SMILES string of the molecule is CCC[C@H](CC(=O)[C@H](Cc1cc(F)c(O)c(F)c1)N[C@@H](c1ccc(-c2noc(C3CC3)n2)cc1)C(F)(F)F)C(=O)C(=O)CC1CC1. The molecule has 2 saturated carbocycles. The molecule has 0 spiro atoms. The van der Waals surface area contributed by atoms with E-state index in [9.17, 15) is 41.4 Å². The normalized spacial score (nSPS) is 17.0. The van der Waals surface area contributed by atoms with Crippen LogP contribution in [-0.4, -0.2) is 44.8 Å². The Morgan fingerprint density at radius 2 is 1.70 bits per heavy atom. The molecule has 13 heteroatoms. The zero-order valence-corrected chi connectivity index (χ0v) is 25.1. The molecule has 5 rings (SSSR count). The van der Waals surface area contributed by atoms with E-state index in [2.05, 4.69) is 15.5 Å². The van der Waals surface area contributed by atoms with E-state index < -0.39 is 71.8 Å². The van der Waals surface area contributed by atoms with E-state index >= 15 is 0 Å². The number of benzene rings is 2. The lowest BCUT2D eigenvalue weighted by molar-refractivity contribution is -0.160. The van der Waals surface area contributed by atoms with Gasteiger partial charge < -0.3 is 9.63 Å². The summed E-state index contributed by atoms with van der Waals surface area (Å²) in [7, 11) is 0. The van der Waals surface area contributed by atoms with E-state index in [-0.39, 0.29) is 41.6 Å². The highest BCUT2D eigenvalue weighted by Gasteiger charge is 2.43. The Hall–Kier alpha value is -4.00. The van der Waals surface area contributed by atoms with Crippen molar-refractivity contribution in [2.24, 2.45) is 11.8 Å². The number of Topliss-reactive ketones (excluding diaryl/α,β-unsaturated/α-hetero) is 3. The van der Waals surface area contributed by atoms with E-state index in [0.717, 1.165) is 37.8 Å². The molecule has 0 radical (unpaired) electrons. The Morgan fingerprint density at radius 3 is 2.26 bits per heavy atom. The smallest absolute Gasteiger partial charge is 0.407 e. The summed E-state index contributed by atoms with van der Waals surface area (Å²) >= 11 is 0. The summed E-state index contributed by atoms with van der Waals surface area (Å²) in [5.41, 5.74) is -0.0368. The second-order valence-corrected chi connectivity index (χ2v) is 12.2. The van der Waals surface area contributed by atoms with Crippen LogP contribution < -0.4 is 5.32 Å². The average Bonchev–Trinajstić information content (AvgIpc) is 3.96. The predicted molar refractivity (Wildman–Crippen MR) is 155 cm³/mol. The molecule has 2 aromatic carbocycles. The van der Waals surface area contributed by atoms with Crippen LogP contribution in [0.1, 0.15) is 87.3 Å². The average molecular weight is 648 g/mol. The summed E-state index contributed by atoms with van der Waals surface area (Å²) in [5, 5.41) is 15.7. The van der Waals surface area contributed by atoms with Crippen LogP contribution in [-0.2, 0) is 20.8 Å². The number of aromatic nitrogens is 2. The van der Waals surface area contributed by atoms with Gasteiger partial charge in [0.15, 0.2) is 29.0 Å². The van der Waals surface area contributed by atoms with Crippen molar-refractivity contribution < 1.29 is 46.0 Å². The number of hydrogen-bond donors (Lipinski definition) is 2. The highest BCUT2D eigenvalue weighted by Crippen LogP contribution is 2.40. The molecule has 0 bridgehead atoms. The molecule has 0 saturated heterocycles. The lowest BCUT2D eigenvalue weighted by Gasteiger charge is -2.28. The van der Waals surface area contributed by atoms with Gasteiger partial charge in [-0.3, -0.25) is 19.7 Å². The van der Waals surface area contributed by atoms with Gasteiger partial charge in [-0.25, -0.2) is 8.78 Å². The van der Waals surface area contributed by atoms with E-state index in [1.165, 1.54) is 24.3 Å². The van der Waals surface area contributed by atoms with Gasteiger partial charge >= 0.3 is 6.18 Å². The van der Waals surface area contributed by atoms with Crippen LogP contribution in [0.25, 0.3) is 11.4 Å². The monoisotopic (exact) mass is 647 g/mol. The molecule has 0 aliphatic heterocycles. The van der Waals surface area contributed by atoms with Gasteiger partial charge in [-0.15, -0.1) is 0 Å². The zero-order valence-electron chi connectivity index (χ0n) is 25.1. The lowest BCUT2D eigenvalue weighted by atomic mass is 9.86. The third-order valence-corrected chi connectivity index (χ3v) is 8.37. The molecule has 8 nitrogen and oxygen atoms in total. The van der Waals surface area contributed by atoms with Crippen LogP contribution in [0, 0.1) is 23.5 Å². The minimum atomic E-state index is -4.92. The number of carbonyl (C=O) groups is 3. The third kappa shape index (κ3) is 8.23. The number of aromatic hydroxyl groups is 1. The molecule has 1 aromatic heterocycles. The molecule has 2 aliphatic carbocycles. The van der Waals surface area contributed by atoms with Crippen molar-refractivity contribution in [3.8, 4) is 17.1 Å². The Balaban J connectivity index is 1.41. The first-order valence-corrected chi connectivity index (χ1v) is 15.4. The van der Waals surface area contributed by atoms with Gasteiger partial charge in [-0.2, -0.15) is 18.2 Å². The highest BCUT2D eigenvalue weighted by atomic mass is 19.4. The standard InChI is InChI=1S/C33H34F5N3O5/c1-2-3-22(28(44)27(43)15-17-4-5-17)16-26(42)25(14-18-12-23(34)29(45)24(35)13-18)39-30(33(36,37)38)19-6-8-20(9-7-19)31-40-32(46-41-31)21-10-11-21/h6-9,12-13,17,21-22,25,30,39,45H,2-5,10-11,14-16H2,1H3/t22-,25+,30+/m1/s1. The highest BCUT2D eigenvalue weighted by molar-refractivity contribution is 6.38. The van der Waals surface area contributed by atoms with E-state index in [1.54, 1.807) is 6.92 Å². The molecular formula is C33H34F5N3O5. The van der Waals surface area contributed by atoms with Crippen LogP contribution in [0.2, 0.25) is 0 Å². The topological polar surface area (TPSA) is 122 Å². The molecule has 0 unspecified atom stereocenters. The number of nitrogens with one attached hydrogen (secondary N) is 1. The van der Waals surface area contributed by atoms with Crippen LogP contribution in [0.4, 0.5) is 22.0 Å². The Bertz CT molecular complexity index is 1560. The predicted octanol–water partition coefficient (Wildman–Crippen LogP) is 6.72. The number of halogens is 5. The van der Waals surface area contributed by atoms with Gasteiger partial charge in [-0.05, 0) is 67.7 Å². The molecule has 0 amide bonds. The minimum Gasteiger partial charge on any atom is -0.503 e. The van der Waals surface area contributed by atoms with Crippen molar-refractivity contribution in [2.75, 3.05) is 0 Å². The summed E-state index contributed by atoms with van der Waals surface area (Å²) in [6.07, 6.45) is -1.86.